The minimum absolute atomic E-state index is 0.0953. The normalized spacial score (nSPS) is 10.6. The van der Waals surface area contributed by atoms with E-state index >= 15 is 0 Å². The first kappa shape index (κ1) is 15.9. The van der Waals surface area contributed by atoms with Crippen molar-refractivity contribution in [3.63, 3.8) is 0 Å². The van der Waals surface area contributed by atoms with E-state index in [4.69, 9.17) is 0 Å². The Labute approximate surface area is 138 Å². The van der Waals surface area contributed by atoms with E-state index in [-0.39, 0.29) is 11.7 Å². The van der Waals surface area contributed by atoms with Crippen molar-refractivity contribution in [2.24, 2.45) is 0 Å². The lowest BCUT2D eigenvalue weighted by Crippen LogP contribution is -2.08. The highest BCUT2D eigenvalue weighted by atomic mass is 19.1. The first-order chi connectivity index (χ1) is 11.6. The van der Waals surface area contributed by atoms with Crippen LogP contribution in [-0.2, 0) is 11.2 Å². The minimum Gasteiger partial charge on any atom is -0.369 e. The van der Waals surface area contributed by atoms with Gasteiger partial charge >= 0.3 is 0 Å². The lowest BCUT2D eigenvalue weighted by molar-refractivity contribution is -0.114. The van der Waals surface area contributed by atoms with Crippen LogP contribution in [0.1, 0.15) is 12.5 Å². The Hall–Kier alpha value is -3.02. The van der Waals surface area contributed by atoms with Gasteiger partial charge in [-0.2, -0.15) is 0 Å². The maximum absolute atomic E-state index is 14.0. The Kier molecular flexibility index (Phi) is 4.65. The van der Waals surface area contributed by atoms with Crippen molar-refractivity contribution in [2.75, 3.05) is 17.2 Å². The summed E-state index contributed by atoms with van der Waals surface area (Å²) in [5, 5.41) is 6.29. The van der Waals surface area contributed by atoms with E-state index in [0.29, 0.717) is 23.3 Å². The van der Waals surface area contributed by atoms with E-state index in [1.54, 1.807) is 12.1 Å². The number of rotatable bonds is 5. The standard InChI is InChI=1S/C18H17FN4O/c1-12(24)23-14-7-5-13(6-8-14)9-10-20-18-17-15(19)3-2-4-16(17)21-11-22-18/h2-8,11H,9-10H2,1H3,(H,23,24)(H,20,21,22). The minimum atomic E-state index is -0.338. The van der Waals surface area contributed by atoms with Gasteiger partial charge in [0, 0.05) is 19.2 Å². The van der Waals surface area contributed by atoms with Crippen molar-refractivity contribution < 1.29 is 9.18 Å². The molecule has 2 N–H and O–H groups in total. The SMILES string of the molecule is CC(=O)Nc1ccc(CCNc2ncnc3cccc(F)c23)cc1. The molecule has 0 fully saturated rings. The zero-order valence-corrected chi connectivity index (χ0v) is 13.2. The van der Waals surface area contributed by atoms with Crippen LogP contribution in [0.25, 0.3) is 10.9 Å². The highest BCUT2D eigenvalue weighted by Crippen LogP contribution is 2.22. The molecule has 3 aromatic rings. The van der Waals surface area contributed by atoms with Gasteiger partial charge in [0.15, 0.2) is 0 Å². The molecule has 0 radical (unpaired) electrons. The molecule has 0 aliphatic rings. The molecular weight excluding hydrogens is 307 g/mol. The molecular formula is C18H17FN4O. The number of carbonyl (C=O) groups excluding carboxylic acids is 1. The van der Waals surface area contributed by atoms with Gasteiger partial charge in [-0.25, -0.2) is 14.4 Å². The van der Waals surface area contributed by atoms with Crippen molar-refractivity contribution in [1.29, 1.82) is 0 Å². The van der Waals surface area contributed by atoms with Crippen LogP contribution >= 0.6 is 0 Å². The molecule has 0 saturated heterocycles. The van der Waals surface area contributed by atoms with Crippen molar-refractivity contribution in [1.82, 2.24) is 9.97 Å². The quantitative estimate of drug-likeness (QED) is 0.755. The van der Waals surface area contributed by atoms with Gasteiger partial charge in [0.25, 0.3) is 0 Å². The number of nitrogens with one attached hydrogen (secondary N) is 2. The maximum Gasteiger partial charge on any atom is 0.221 e. The Morgan fingerprint density at radius 1 is 1.12 bits per heavy atom. The molecule has 6 heteroatoms. The van der Waals surface area contributed by atoms with Gasteiger partial charge in [0.1, 0.15) is 18.0 Å². The third-order valence-electron chi connectivity index (χ3n) is 3.59. The second-order valence-corrected chi connectivity index (χ2v) is 5.41. The second kappa shape index (κ2) is 7.04. The number of hydrogen-bond donors (Lipinski definition) is 2. The zero-order chi connectivity index (χ0) is 16.9. The predicted molar refractivity (Wildman–Crippen MR) is 92.4 cm³/mol. The molecule has 0 unspecified atom stereocenters. The summed E-state index contributed by atoms with van der Waals surface area (Å²) in [5.41, 5.74) is 2.45. The van der Waals surface area contributed by atoms with Crippen LogP contribution in [0.4, 0.5) is 15.9 Å². The molecule has 0 spiro atoms. The molecule has 1 heterocycles. The van der Waals surface area contributed by atoms with E-state index < -0.39 is 0 Å². The molecule has 3 rings (SSSR count). The van der Waals surface area contributed by atoms with E-state index in [9.17, 15) is 9.18 Å². The van der Waals surface area contributed by atoms with E-state index in [1.165, 1.54) is 19.3 Å². The monoisotopic (exact) mass is 324 g/mol. The van der Waals surface area contributed by atoms with E-state index in [1.807, 2.05) is 24.3 Å². The van der Waals surface area contributed by atoms with Crippen LogP contribution in [0.3, 0.4) is 0 Å². The topological polar surface area (TPSA) is 66.9 Å². The molecule has 5 nitrogen and oxygen atoms in total. The van der Waals surface area contributed by atoms with Gasteiger partial charge in [-0.15, -0.1) is 0 Å². The second-order valence-electron chi connectivity index (χ2n) is 5.41. The smallest absolute Gasteiger partial charge is 0.221 e. The number of fused-ring (bicyclic) bond motifs is 1. The molecule has 2 aromatic carbocycles. The van der Waals surface area contributed by atoms with Crippen LogP contribution in [-0.4, -0.2) is 22.4 Å². The fourth-order valence-corrected chi connectivity index (χ4v) is 2.49. The summed E-state index contributed by atoms with van der Waals surface area (Å²) >= 11 is 0. The molecule has 0 saturated carbocycles. The predicted octanol–water partition coefficient (Wildman–Crippen LogP) is 3.38. The van der Waals surface area contributed by atoms with Gasteiger partial charge in [-0.1, -0.05) is 18.2 Å². The van der Waals surface area contributed by atoms with Gasteiger partial charge in [-0.05, 0) is 36.2 Å². The summed E-state index contributed by atoms with van der Waals surface area (Å²) < 4.78 is 14.0. The number of carbonyl (C=O) groups is 1. The third kappa shape index (κ3) is 3.65. The van der Waals surface area contributed by atoms with Crippen LogP contribution < -0.4 is 10.6 Å². The first-order valence-electron chi connectivity index (χ1n) is 7.63. The fraction of sp³-hybridized carbons (Fsp3) is 0.167. The summed E-state index contributed by atoms with van der Waals surface area (Å²) in [6, 6.07) is 12.4. The Balaban J connectivity index is 1.66. The lowest BCUT2D eigenvalue weighted by Gasteiger charge is -2.09. The van der Waals surface area contributed by atoms with Crippen molar-refractivity contribution in [3.05, 3.63) is 60.2 Å². The molecule has 122 valence electrons. The lowest BCUT2D eigenvalue weighted by atomic mass is 10.1. The van der Waals surface area contributed by atoms with E-state index in [2.05, 4.69) is 20.6 Å². The fourth-order valence-electron chi connectivity index (χ4n) is 2.49. The Morgan fingerprint density at radius 3 is 2.67 bits per heavy atom. The third-order valence-corrected chi connectivity index (χ3v) is 3.59. The number of anilines is 2. The molecule has 0 aliphatic carbocycles. The number of amides is 1. The largest absolute Gasteiger partial charge is 0.369 e. The van der Waals surface area contributed by atoms with Gasteiger partial charge in [0.2, 0.25) is 5.91 Å². The summed E-state index contributed by atoms with van der Waals surface area (Å²) in [7, 11) is 0. The van der Waals surface area contributed by atoms with Crippen LogP contribution in [0, 0.1) is 5.82 Å². The number of halogens is 1. The van der Waals surface area contributed by atoms with E-state index in [0.717, 1.165) is 17.7 Å². The molecule has 24 heavy (non-hydrogen) atoms. The zero-order valence-electron chi connectivity index (χ0n) is 13.2. The number of hydrogen-bond acceptors (Lipinski definition) is 4. The maximum atomic E-state index is 14.0. The average Bonchev–Trinajstić information content (AvgIpc) is 2.56. The number of benzene rings is 2. The summed E-state index contributed by atoms with van der Waals surface area (Å²) in [6.45, 7) is 2.09. The van der Waals surface area contributed by atoms with Crippen molar-refractivity contribution >= 4 is 28.3 Å². The summed E-state index contributed by atoms with van der Waals surface area (Å²) in [4.78, 5) is 19.2. The summed E-state index contributed by atoms with van der Waals surface area (Å²) in [6.07, 6.45) is 2.17. The first-order valence-corrected chi connectivity index (χ1v) is 7.63. The molecule has 1 amide bonds. The van der Waals surface area contributed by atoms with Crippen molar-refractivity contribution in [3.8, 4) is 0 Å². The summed E-state index contributed by atoms with van der Waals surface area (Å²) in [5.74, 6) is 0.0605. The van der Waals surface area contributed by atoms with Crippen LogP contribution in [0.5, 0.6) is 0 Å². The van der Waals surface area contributed by atoms with Crippen LogP contribution in [0.2, 0.25) is 0 Å². The highest BCUT2D eigenvalue weighted by Gasteiger charge is 2.08. The van der Waals surface area contributed by atoms with Gasteiger partial charge < -0.3 is 10.6 Å². The molecule has 0 aliphatic heterocycles. The molecule has 1 aromatic heterocycles. The number of aromatic nitrogens is 2. The van der Waals surface area contributed by atoms with Crippen LogP contribution in [0.15, 0.2) is 48.8 Å². The Bertz CT molecular complexity index is 859. The van der Waals surface area contributed by atoms with Gasteiger partial charge in [0.05, 0.1) is 10.9 Å². The molecule has 0 bridgehead atoms. The van der Waals surface area contributed by atoms with Gasteiger partial charge in [-0.3, -0.25) is 4.79 Å². The highest BCUT2D eigenvalue weighted by molar-refractivity contribution is 5.89. The Morgan fingerprint density at radius 2 is 1.92 bits per heavy atom. The number of nitrogens with zero attached hydrogens (tertiary/aromatic N) is 2. The molecule has 0 atom stereocenters. The average molecular weight is 324 g/mol. The van der Waals surface area contributed by atoms with Crippen molar-refractivity contribution in [2.45, 2.75) is 13.3 Å².